The van der Waals surface area contributed by atoms with E-state index in [9.17, 15) is 0 Å². The number of aliphatic hydroxyl groups is 1. The van der Waals surface area contributed by atoms with Crippen LogP contribution >= 0.6 is 11.8 Å². The van der Waals surface area contributed by atoms with Crippen molar-refractivity contribution in [3.63, 3.8) is 0 Å². The molecule has 0 spiro atoms. The lowest BCUT2D eigenvalue weighted by Gasteiger charge is -2.01. The highest BCUT2D eigenvalue weighted by Crippen LogP contribution is 2.11. The van der Waals surface area contributed by atoms with Gasteiger partial charge in [0.1, 0.15) is 0 Å². The minimum absolute atomic E-state index is 0.168. The molecule has 0 radical (unpaired) electrons. The molecule has 0 heterocycles. The Morgan fingerprint density at radius 3 is 2.53 bits per heavy atom. The van der Waals surface area contributed by atoms with E-state index in [0.29, 0.717) is 0 Å². The van der Waals surface area contributed by atoms with E-state index < -0.39 is 0 Å². The Bertz CT molecular complexity index is 207. The monoisotopic (exact) mass is 228 g/mol. The highest BCUT2D eigenvalue weighted by atomic mass is 32.2. The van der Waals surface area contributed by atoms with Gasteiger partial charge in [0.15, 0.2) is 0 Å². The molecule has 0 aromatic rings. The Morgan fingerprint density at radius 2 is 1.93 bits per heavy atom. The molecular weight excluding hydrogens is 204 g/mol. The minimum Gasteiger partial charge on any atom is -0.392 e. The number of hydrogen-bond donors (Lipinski definition) is 1. The highest BCUT2D eigenvalue weighted by Gasteiger charge is 1.92. The molecule has 0 bridgehead atoms. The molecule has 0 unspecified atom stereocenters. The Morgan fingerprint density at radius 1 is 1.20 bits per heavy atom. The number of thioether (sulfide) groups is 1. The first-order valence-electron chi connectivity index (χ1n) is 5.70. The van der Waals surface area contributed by atoms with Crippen LogP contribution in [0.4, 0.5) is 0 Å². The summed E-state index contributed by atoms with van der Waals surface area (Å²) in [6.45, 7) is 6.66. The summed E-state index contributed by atoms with van der Waals surface area (Å²) in [7, 11) is 0. The Balaban J connectivity index is 3.62. The maximum absolute atomic E-state index is 8.69. The van der Waals surface area contributed by atoms with Crippen molar-refractivity contribution in [1.29, 1.82) is 0 Å². The second-order valence-electron chi connectivity index (χ2n) is 3.87. The fraction of sp³-hybridized carbons (Fsp3) is 0.692. The zero-order chi connectivity index (χ0) is 11.5. The summed E-state index contributed by atoms with van der Waals surface area (Å²) in [5.74, 6) is 2.42. The van der Waals surface area contributed by atoms with Crippen molar-refractivity contribution in [2.75, 3.05) is 18.1 Å². The van der Waals surface area contributed by atoms with E-state index in [1.165, 1.54) is 23.3 Å². The van der Waals surface area contributed by atoms with Gasteiger partial charge in [0.05, 0.1) is 6.61 Å². The molecule has 0 aliphatic rings. The zero-order valence-corrected chi connectivity index (χ0v) is 11.1. The molecule has 0 amide bonds. The van der Waals surface area contributed by atoms with Gasteiger partial charge in [-0.2, -0.15) is 11.8 Å². The molecule has 15 heavy (non-hydrogen) atoms. The van der Waals surface area contributed by atoms with Crippen LogP contribution in [-0.4, -0.2) is 23.2 Å². The molecule has 0 rings (SSSR count). The fourth-order valence-corrected chi connectivity index (χ4v) is 2.11. The molecule has 0 aromatic carbocycles. The van der Waals surface area contributed by atoms with Gasteiger partial charge in [-0.15, -0.1) is 0 Å². The van der Waals surface area contributed by atoms with Crippen LogP contribution in [0.3, 0.4) is 0 Å². The second-order valence-corrected chi connectivity index (χ2v) is 4.98. The van der Waals surface area contributed by atoms with Gasteiger partial charge in [-0.25, -0.2) is 0 Å². The molecule has 1 N–H and O–H groups in total. The summed E-state index contributed by atoms with van der Waals surface area (Å²) >= 11 is 2.01. The van der Waals surface area contributed by atoms with Crippen LogP contribution in [0.25, 0.3) is 0 Å². The zero-order valence-electron chi connectivity index (χ0n) is 10.3. The van der Waals surface area contributed by atoms with Gasteiger partial charge in [-0.05, 0) is 38.9 Å². The Hall–Kier alpha value is -0.210. The van der Waals surface area contributed by atoms with Gasteiger partial charge in [-0.3, -0.25) is 0 Å². The fourth-order valence-electron chi connectivity index (χ4n) is 1.24. The van der Waals surface area contributed by atoms with E-state index in [1.54, 1.807) is 0 Å². The lowest BCUT2D eigenvalue weighted by atomic mass is 10.1. The van der Waals surface area contributed by atoms with Gasteiger partial charge in [-0.1, -0.05) is 30.2 Å². The van der Waals surface area contributed by atoms with Crippen LogP contribution in [0, 0.1) is 0 Å². The summed E-state index contributed by atoms with van der Waals surface area (Å²) in [6.07, 6.45) is 7.62. The molecule has 2 heteroatoms. The molecule has 1 nitrogen and oxygen atoms in total. The number of allylic oxidation sites excluding steroid dienone is 2. The maximum Gasteiger partial charge on any atom is 0.0614 e. The summed E-state index contributed by atoms with van der Waals surface area (Å²) < 4.78 is 0. The number of aliphatic hydroxyl groups excluding tert-OH is 1. The van der Waals surface area contributed by atoms with Crippen LogP contribution in [0.1, 0.15) is 40.0 Å². The lowest BCUT2D eigenvalue weighted by molar-refractivity contribution is 0.341. The minimum atomic E-state index is 0.168. The second kappa shape index (κ2) is 10.3. The summed E-state index contributed by atoms with van der Waals surface area (Å²) in [5.41, 5.74) is 2.76. The van der Waals surface area contributed by atoms with Crippen molar-refractivity contribution in [3.8, 4) is 0 Å². The third-order valence-corrected chi connectivity index (χ3v) is 3.51. The molecule has 0 saturated carbocycles. The van der Waals surface area contributed by atoms with Crippen molar-refractivity contribution < 1.29 is 5.11 Å². The first-order chi connectivity index (χ1) is 7.20. The van der Waals surface area contributed by atoms with Gasteiger partial charge < -0.3 is 5.11 Å². The average Bonchev–Trinajstić information content (AvgIpc) is 2.18. The van der Waals surface area contributed by atoms with Crippen molar-refractivity contribution >= 4 is 11.8 Å². The molecule has 0 saturated heterocycles. The first kappa shape index (κ1) is 14.8. The van der Waals surface area contributed by atoms with Crippen molar-refractivity contribution in [2.45, 2.75) is 40.0 Å². The van der Waals surface area contributed by atoms with E-state index in [4.69, 9.17) is 5.11 Å². The molecule has 0 fully saturated rings. The molecule has 0 aromatic heterocycles. The standard InChI is InChI=1S/C13H24OS/c1-4-10-15-11-13(3)7-5-6-12(2)8-9-14/h7-8,14H,4-6,9-11H2,1-3H3/b12-8+,13-7+. The van der Waals surface area contributed by atoms with E-state index >= 15 is 0 Å². The summed E-state index contributed by atoms with van der Waals surface area (Å²) in [5, 5.41) is 8.69. The predicted molar refractivity (Wildman–Crippen MR) is 71.4 cm³/mol. The largest absolute Gasteiger partial charge is 0.392 e. The van der Waals surface area contributed by atoms with Crippen LogP contribution < -0.4 is 0 Å². The molecule has 88 valence electrons. The third-order valence-electron chi connectivity index (χ3n) is 2.15. The highest BCUT2D eigenvalue weighted by molar-refractivity contribution is 7.99. The van der Waals surface area contributed by atoms with Gasteiger partial charge in [0.25, 0.3) is 0 Å². The Labute approximate surface area is 98.7 Å². The van der Waals surface area contributed by atoms with Gasteiger partial charge in [0.2, 0.25) is 0 Å². The molecular formula is C13H24OS. The van der Waals surface area contributed by atoms with Gasteiger partial charge in [0, 0.05) is 5.75 Å². The third kappa shape index (κ3) is 10.1. The number of hydrogen-bond acceptors (Lipinski definition) is 2. The van der Waals surface area contributed by atoms with E-state index in [0.717, 1.165) is 18.6 Å². The summed E-state index contributed by atoms with van der Waals surface area (Å²) in [6, 6.07) is 0. The predicted octanol–water partition coefficient (Wildman–Crippen LogP) is 3.79. The SMILES string of the molecule is CCCSC/C(C)=C/CC/C(C)=C/CO. The summed E-state index contributed by atoms with van der Waals surface area (Å²) in [4.78, 5) is 0. The average molecular weight is 228 g/mol. The molecule has 0 aliphatic heterocycles. The molecule has 0 aliphatic carbocycles. The smallest absolute Gasteiger partial charge is 0.0614 e. The van der Waals surface area contributed by atoms with Crippen molar-refractivity contribution in [3.05, 3.63) is 23.3 Å². The normalized spacial score (nSPS) is 13.3. The van der Waals surface area contributed by atoms with Gasteiger partial charge >= 0.3 is 0 Å². The van der Waals surface area contributed by atoms with Crippen LogP contribution in [0.5, 0.6) is 0 Å². The van der Waals surface area contributed by atoms with Crippen molar-refractivity contribution in [2.24, 2.45) is 0 Å². The van der Waals surface area contributed by atoms with E-state index in [2.05, 4.69) is 26.8 Å². The van der Waals surface area contributed by atoms with E-state index in [-0.39, 0.29) is 6.61 Å². The topological polar surface area (TPSA) is 20.2 Å². The maximum atomic E-state index is 8.69. The van der Waals surface area contributed by atoms with Crippen LogP contribution in [-0.2, 0) is 0 Å². The Kier molecular flexibility index (Phi) is 10.2. The lowest BCUT2D eigenvalue weighted by Crippen LogP contribution is -1.85. The van der Waals surface area contributed by atoms with Crippen LogP contribution in [0.2, 0.25) is 0 Å². The number of rotatable bonds is 8. The first-order valence-corrected chi connectivity index (χ1v) is 6.86. The van der Waals surface area contributed by atoms with E-state index in [1.807, 2.05) is 17.8 Å². The molecule has 0 atom stereocenters. The quantitative estimate of drug-likeness (QED) is 0.504. The van der Waals surface area contributed by atoms with Crippen LogP contribution in [0.15, 0.2) is 23.3 Å². The van der Waals surface area contributed by atoms with Crippen molar-refractivity contribution in [1.82, 2.24) is 0 Å².